The Kier molecular flexibility index (Phi) is 4.91. The number of furan rings is 1. The lowest BCUT2D eigenvalue weighted by atomic mass is 9.99. The Labute approximate surface area is 154 Å². The monoisotopic (exact) mass is 350 g/mol. The molecule has 3 aromatic rings. The second kappa shape index (κ2) is 7.48. The van der Waals surface area contributed by atoms with E-state index >= 15 is 0 Å². The summed E-state index contributed by atoms with van der Waals surface area (Å²) in [6.45, 7) is 8.15. The number of hydrogen-bond donors (Lipinski definition) is 2. The van der Waals surface area contributed by atoms with E-state index in [2.05, 4.69) is 51.6 Å². The molecule has 2 N–H and O–H groups in total. The molecule has 5 nitrogen and oxygen atoms in total. The second-order valence-corrected chi connectivity index (χ2v) is 7.15. The third kappa shape index (κ3) is 3.59. The zero-order chi connectivity index (χ0) is 17.9. The van der Waals surface area contributed by atoms with Gasteiger partial charge in [-0.05, 0) is 43.5 Å². The molecule has 0 fully saturated rings. The molecule has 5 heteroatoms. The van der Waals surface area contributed by atoms with Gasteiger partial charge in [0.2, 0.25) is 0 Å². The molecule has 1 unspecified atom stereocenters. The van der Waals surface area contributed by atoms with Gasteiger partial charge in [-0.25, -0.2) is 0 Å². The molecule has 0 bridgehead atoms. The van der Waals surface area contributed by atoms with Crippen molar-refractivity contribution in [2.45, 2.75) is 39.4 Å². The molecule has 0 saturated heterocycles. The predicted molar refractivity (Wildman–Crippen MR) is 103 cm³/mol. The smallest absolute Gasteiger partial charge is 0.152 e. The molecule has 0 radical (unpaired) electrons. The van der Waals surface area contributed by atoms with Crippen LogP contribution in [0, 0.1) is 6.92 Å². The number of H-pyrrole nitrogens is 1. The molecule has 2 aromatic heterocycles. The summed E-state index contributed by atoms with van der Waals surface area (Å²) in [4.78, 5) is 2.56. The van der Waals surface area contributed by atoms with Gasteiger partial charge < -0.3 is 9.73 Å². The minimum absolute atomic E-state index is 0.490. The largest absolute Gasteiger partial charge is 0.460 e. The Morgan fingerprint density at radius 3 is 2.88 bits per heavy atom. The predicted octanol–water partition coefficient (Wildman–Crippen LogP) is 3.51. The molecule has 1 aliphatic rings. The number of nitrogens with one attached hydrogen (secondary N) is 2. The number of aryl methyl sites for hydroxylation is 1. The van der Waals surface area contributed by atoms with Crippen LogP contribution in [0.15, 0.2) is 47.0 Å². The lowest BCUT2D eigenvalue weighted by Crippen LogP contribution is -2.42. The summed E-state index contributed by atoms with van der Waals surface area (Å²) >= 11 is 0. The Morgan fingerprint density at radius 1 is 1.23 bits per heavy atom. The number of hydrogen-bond acceptors (Lipinski definition) is 4. The normalized spacial score (nSPS) is 15.8. The third-order valence-electron chi connectivity index (χ3n) is 5.24. The number of rotatable bonds is 6. The zero-order valence-electron chi connectivity index (χ0n) is 15.5. The molecular weight excluding hydrogens is 324 g/mol. The van der Waals surface area contributed by atoms with Crippen LogP contribution in [0.4, 0.5) is 0 Å². The minimum Gasteiger partial charge on any atom is -0.460 e. The number of aromatic amines is 1. The molecule has 1 atom stereocenters. The molecule has 1 aliphatic heterocycles. The van der Waals surface area contributed by atoms with E-state index in [0.29, 0.717) is 6.04 Å². The Morgan fingerprint density at radius 2 is 2.08 bits per heavy atom. The van der Waals surface area contributed by atoms with Crippen LogP contribution in [0.25, 0.3) is 11.5 Å². The van der Waals surface area contributed by atoms with Gasteiger partial charge in [-0.15, -0.1) is 0 Å². The zero-order valence-corrected chi connectivity index (χ0v) is 15.5. The van der Waals surface area contributed by atoms with Crippen molar-refractivity contribution in [3.05, 3.63) is 65.0 Å². The summed E-state index contributed by atoms with van der Waals surface area (Å²) in [6.07, 6.45) is 3.02. The van der Waals surface area contributed by atoms with Crippen molar-refractivity contribution in [1.82, 2.24) is 20.4 Å². The first-order valence-corrected chi connectivity index (χ1v) is 9.31. The van der Waals surface area contributed by atoms with Gasteiger partial charge in [0.05, 0.1) is 6.20 Å². The highest BCUT2D eigenvalue weighted by Crippen LogP contribution is 2.23. The standard InChI is InChI=1S/C21H26N4O/c1-15(25-10-9-17-5-3-4-6-18(17)14-25)11-22-12-19-13-23-24-21(19)20-8-7-16(2)26-20/h3-8,13,15,22H,9-12,14H2,1-2H3,(H,23,24). The fourth-order valence-electron chi connectivity index (χ4n) is 3.67. The first-order chi connectivity index (χ1) is 12.7. The molecule has 0 aliphatic carbocycles. The van der Waals surface area contributed by atoms with Crippen molar-refractivity contribution >= 4 is 0 Å². The maximum Gasteiger partial charge on any atom is 0.152 e. The SMILES string of the molecule is Cc1ccc(-c2[nH]ncc2CNCC(C)N2CCc3ccccc3C2)o1. The molecule has 26 heavy (non-hydrogen) atoms. The quantitative estimate of drug-likeness (QED) is 0.714. The van der Waals surface area contributed by atoms with Gasteiger partial charge >= 0.3 is 0 Å². The first-order valence-electron chi connectivity index (χ1n) is 9.31. The molecule has 0 spiro atoms. The number of aromatic nitrogens is 2. The van der Waals surface area contributed by atoms with E-state index in [9.17, 15) is 0 Å². The fourth-order valence-corrected chi connectivity index (χ4v) is 3.67. The molecule has 1 aromatic carbocycles. The summed E-state index contributed by atoms with van der Waals surface area (Å²) in [5.41, 5.74) is 5.07. The van der Waals surface area contributed by atoms with Gasteiger partial charge in [0.15, 0.2) is 5.76 Å². The lowest BCUT2D eigenvalue weighted by molar-refractivity contribution is 0.186. The number of fused-ring (bicyclic) bond motifs is 1. The van der Waals surface area contributed by atoms with Crippen LogP contribution >= 0.6 is 0 Å². The highest BCUT2D eigenvalue weighted by atomic mass is 16.3. The van der Waals surface area contributed by atoms with Gasteiger partial charge in [-0.3, -0.25) is 10.00 Å². The highest BCUT2D eigenvalue weighted by Gasteiger charge is 2.20. The molecule has 4 rings (SSSR count). The van der Waals surface area contributed by atoms with Crippen molar-refractivity contribution in [1.29, 1.82) is 0 Å². The third-order valence-corrected chi connectivity index (χ3v) is 5.24. The average molecular weight is 350 g/mol. The van der Waals surface area contributed by atoms with Crippen molar-refractivity contribution in [2.75, 3.05) is 13.1 Å². The van der Waals surface area contributed by atoms with Crippen LogP contribution in [0.1, 0.15) is 29.4 Å². The fraction of sp³-hybridized carbons (Fsp3) is 0.381. The van der Waals surface area contributed by atoms with Gasteiger partial charge in [0.1, 0.15) is 11.5 Å². The van der Waals surface area contributed by atoms with Crippen LogP contribution in [0.2, 0.25) is 0 Å². The van der Waals surface area contributed by atoms with Crippen LogP contribution in [0.3, 0.4) is 0 Å². The average Bonchev–Trinajstić information content (AvgIpc) is 3.30. The Hall–Kier alpha value is -2.37. The van der Waals surface area contributed by atoms with Crippen molar-refractivity contribution in [3.8, 4) is 11.5 Å². The summed E-state index contributed by atoms with van der Waals surface area (Å²) in [6, 6.07) is 13.2. The topological polar surface area (TPSA) is 57.1 Å². The lowest BCUT2D eigenvalue weighted by Gasteiger charge is -2.33. The van der Waals surface area contributed by atoms with E-state index in [1.54, 1.807) is 0 Å². The van der Waals surface area contributed by atoms with Crippen LogP contribution in [-0.2, 0) is 19.5 Å². The van der Waals surface area contributed by atoms with Crippen molar-refractivity contribution < 1.29 is 4.42 Å². The van der Waals surface area contributed by atoms with Crippen molar-refractivity contribution in [2.24, 2.45) is 0 Å². The van der Waals surface area contributed by atoms with Gasteiger partial charge in [0, 0.05) is 37.8 Å². The Balaban J connectivity index is 1.32. The number of nitrogens with zero attached hydrogens (tertiary/aromatic N) is 2. The highest BCUT2D eigenvalue weighted by molar-refractivity contribution is 5.56. The van der Waals surface area contributed by atoms with Crippen LogP contribution in [0.5, 0.6) is 0 Å². The summed E-state index contributed by atoms with van der Waals surface area (Å²) in [5, 5.41) is 10.8. The summed E-state index contributed by atoms with van der Waals surface area (Å²) < 4.78 is 5.72. The molecule has 3 heterocycles. The van der Waals surface area contributed by atoms with E-state index in [0.717, 1.165) is 55.4 Å². The van der Waals surface area contributed by atoms with Crippen LogP contribution in [-0.4, -0.2) is 34.2 Å². The van der Waals surface area contributed by atoms with Gasteiger partial charge in [-0.2, -0.15) is 5.10 Å². The molecule has 0 saturated carbocycles. The van der Waals surface area contributed by atoms with E-state index in [-0.39, 0.29) is 0 Å². The van der Waals surface area contributed by atoms with Crippen LogP contribution < -0.4 is 5.32 Å². The first kappa shape index (κ1) is 17.1. The number of benzene rings is 1. The summed E-state index contributed by atoms with van der Waals surface area (Å²) in [5.74, 6) is 1.75. The van der Waals surface area contributed by atoms with Gasteiger partial charge in [-0.1, -0.05) is 24.3 Å². The van der Waals surface area contributed by atoms with Gasteiger partial charge in [0.25, 0.3) is 0 Å². The molecular formula is C21H26N4O. The van der Waals surface area contributed by atoms with E-state index in [1.165, 1.54) is 11.1 Å². The van der Waals surface area contributed by atoms with E-state index in [4.69, 9.17) is 4.42 Å². The summed E-state index contributed by atoms with van der Waals surface area (Å²) in [7, 11) is 0. The maximum atomic E-state index is 5.72. The molecule has 136 valence electrons. The Bertz CT molecular complexity index is 866. The minimum atomic E-state index is 0.490. The van der Waals surface area contributed by atoms with E-state index < -0.39 is 0 Å². The maximum absolute atomic E-state index is 5.72. The molecule has 0 amide bonds. The van der Waals surface area contributed by atoms with Crippen molar-refractivity contribution in [3.63, 3.8) is 0 Å². The van der Waals surface area contributed by atoms with E-state index in [1.807, 2.05) is 25.3 Å². The second-order valence-electron chi connectivity index (χ2n) is 7.15.